The minimum absolute atomic E-state index is 0.0763. The molecule has 2 aliphatic heterocycles. The Morgan fingerprint density at radius 1 is 1.19 bits per heavy atom. The normalized spacial score (nSPS) is 19.8. The lowest BCUT2D eigenvalue weighted by Gasteiger charge is -2.28. The largest absolute Gasteiger partial charge is 0.378 e. The molecule has 4 rings (SSSR count). The summed E-state index contributed by atoms with van der Waals surface area (Å²) in [6, 6.07) is 7.78. The zero-order chi connectivity index (χ0) is 19.0. The molecule has 1 amide bonds. The molecule has 2 aliphatic rings. The van der Waals surface area contributed by atoms with Gasteiger partial charge in [0.1, 0.15) is 5.82 Å². The Labute approximate surface area is 160 Å². The molecule has 1 aromatic carbocycles. The van der Waals surface area contributed by atoms with Crippen LogP contribution >= 0.6 is 0 Å². The van der Waals surface area contributed by atoms with Crippen LogP contribution in [0.1, 0.15) is 39.8 Å². The standard InChI is InChI=1S/C21H27N5O/c1-24(2)18-6-4-15(5-7-18)21(27)26-11-9-19-17(14-26)12-22-20(23-19)16-8-10-25(3)13-16/h4-7,12,16H,8-11,13-14H2,1-3H3. The van der Waals surface area contributed by atoms with Crippen LogP contribution in [0, 0.1) is 0 Å². The molecule has 6 nitrogen and oxygen atoms in total. The van der Waals surface area contributed by atoms with Crippen LogP contribution < -0.4 is 4.90 Å². The van der Waals surface area contributed by atoms with E-state index >= 15 is 0 Å². The van der Waals surface area contributed by atoms with Gasteiger partial charge in [-0.05, 0) is 44.3 Å². The van der Waals surface area contributed by atoms with Gasteiger partial charge in [0.25, 0.3) is 5.91 Å². The molecule has 0 radical (unpaired) electrons. The van der Waals surface area contributed by atoms with E-state index in [0.29, 0.717) is 19.0 Å². The second-order valence-electron chi connectivity index (χ2n) is 7.87. The summed E-state index contributed by atoms with van der Waals surface area (Å²) in [5, 5.41) is 0. The van der Waals surface area contributed by atoms with Crippen molar-refractivity contribution >= 4 is 11.6 Å². The Kier molecular flexibility index (Phi) is 4.83. The monoisotopic (exact) mass is 365 g/mol. The number of amides is 1. The van der Waals surface area contributed by atoms with Gasteiger partial charge >= 0.3 is 0 Å². The van der Waals surface area contributed by atoms with E-state index < -0.39 is 0 Å². The van der Waals surface area contributed by atoms with E-state index in [2.05, 4.69) is 16.9 Å². The van der Waals surface area contributed by atoms with Crippen molar-refractivity contribution in [2.45, 2.75) is 25.3 Å². The highest BCUT2D eigenvalue weighted by molar-refractivity contribution is 5.94. The molecular formula is C21H27N5O. The lowest BCUT2D eigenvalue weighted by molar-refractivity contribution is 0.0733. The fourth-order valence-corrected chi connectivity index (χ4v) is 3.93. The maximum Gasteiger partial charge on any atom is 0.254 e. The first-order valence-corrected chi connectivity index (χ1v) is 9.61. The number of likely N-dealkylation sites (tertiary alicyclic amines) is 1. The minimum Gasteiger partial charge on any atom is -0.378 e. The van der Waals surface area contributed by atoms with Gasteiger partial charge < -0.3 is 14.7 Å². The van der Waals surface area contributed by atoms with Crippen LogP contribution in [0.2, 0.25) is 0 Å². The molecule has 0 N–H and O–H groups in total. The van der Waals surface area contributed by atoms with Gasteiger partial charge in [-0.2, -0.15) is 0 Å². The summed E-state index contributed by atoms with van der Waals surface area (Å²) < 4.78 is 0. The zero-order valence-corrected chi connectivity index (χ0v) is 16.4. The third kappa shape index (κ3) is 3.67. The first-order valence-electron chi connectivity index (χ1n) is 9.61. The Bertz CT molecular complexity index is 833. The number of aromatic nitrogens is 2. The van der Waals surface area contributed by atoms with Crippen molar-refractivity contribution in [3.63, 3.8) is 0 Å². The van der Waals surface area contributed by atoms with Crippen LogP contribution in [0.4, 0.5) is 5.69 Å². The van der Waals surface area contributed by atoms with Crippen molar-refractivity contribution in [3.05, 3.63) is 53.1 Å². The number of anilines is 1. The molecule has 0 saturated carbocycles. The lowest BCUT2D eigenvalue weighted by atomic mass is 10.0. The third-order valence-corrected chi connectivity index (χ3v) is 5.63. The van der Waals surface area contributed by atoms with Crippen LogP contribution in [0.3, 0.4) is 0 Å². The van der Waals surface area contributed by atoms with Gasteiger partial charge in [-0.1, -0.05) is 0 Å². The Morgan fingerprint density at radius 2 is 1.96 bits per heavy atom. The molecule has 0 spiro atoms. The first kappa shape index (κ1) is 17.9. The summed E-state index contributed by atoms with van der Waals surface area (Å²) in [4.78, 5) is 28.6. The SMILES string of the molecule is CN1CCC(c2ncc3c(n2)CCN(C(=O)c2ccc(N(C)C)cc2)C3)C1. The highest BCUT2D eigenvalue weighted by atomic mass is 16.2. The van der Waals surface area contributed by atoms with E-state index in [1.807, 2.05) is 54.4 Å². The predicted molar refractivity (Wildman–Crippen MR) is 106 cm³/mol. The number of nitrogens with zero attached hydrogens (tertiary/aromatic N) is 5. The number of carbonyl (C=O) groups is 1. The van der Waals surface area contributed by atoms with Crippen molar-refractivity contribution in [3.8, 4) is 0 Å². The highest BCUT2D eigenvalue weighted by Gasteiger charge is 2.27. The molecule has 142 valence electrons. The molecule has 6 heteroatoms. The molecule has 1 fully saturated rings. The van der Waals surface area contributed by atoms with Crippen molar-refractivity contribution in [2.75, 3.05) is 45.7 Å². The van der Waals surface area contributed by atoms with Crippen molar-refractivity contribution in [2.24, 2.45) is 0 Å². The molecular weight excluding hydrogens is 338 g/mol. The van der Waals surface area contributed by atoms with E-state index in [9.17, 15) is 4.79 Å². The quantitative estimate of drug-likeness (QED) is 0.834. The van der Waals surface area contributed by atoms with Gasteiger partial charge in [0.05, 0.1) is 5.69 Å². The Hall–Kier alpha value is -2.47. The first-order chi connectivity index (χ1) is 13.0. The molecule has 0 aliphatic carbocycles. The minimum atomic E-state index is 0.0763. The summed E-state index contributed by atoms with van der Waals surface area (Å²) in [6.45, 7) is 3.45. The van der Waals surface area contributed by atoms with Gasteiger partial charge in [0.15, 0.2) is 0 Å². The average molecular weight is 365 g/mol. The second-order valence-corrected chi connectivity index (χ2v) is 7.87. The fraction of sp³-hybridized carbons (Fsp3) is 0.476. The molecule has 27 heavy (non-hydrogen) atoms. The number of rotatable bonds is 3. The molecule has 1 atom stereocenters. The van der Waals surface area contributed by atoms with Crippen LogP contribution in [0.15, 0.2) is 30.5 Å². The Morgan fingerprint density at radius 3 is 2.63 bits per heavy atom. The fourth-order valence-electron chi connectivity index (χ4n) is 3.93. The molecule has 1 aromatic heterocycles. The third-order valence-electron chi connectivity index (χ3n) is 5.63. The van der Waals surface area contributed by atoms with E-state index in [-0.39, 0.29) is 5.91 Å². The Balaban J connectivity index is 1.47. The zero-order valence-electron chi connectivity index (χ0n) is 16.4. The molecule has 1 saturated heterocycles. The van der Waals surface area contributed by atoms with Crippen LogP contribution in [0.5, 0.6) is 0 Å². The molecule has 3 heterocycles. The van der Waals surface area contributed by atoms with Crippen LogP contribution in [-0.2, 0) is 13.0 Å². The van der Waals surface area contributed by atoms with Crippen LogP contribution in [0.25, 0.3) is 0 Å². The number of fused-ring (bicyclic) bond motifs is 1. The number of carbonyl (C=O) groups excluding carboxylic acids is 1. The van der Waals surface area contributed by atoms with Crippen molar-refractivity contribution < 1.29 is 4.79 Å². The van der Waals surface area contributed by atoms with E-state index in [1.54, 1.807) is 0 Å². The van der Waals surface area contributed by atoms with Crippen molar-refractivity contribution in [1.82, 2.24) is 19.8 Å². The van der Waals surface area contributed by atoms with Gasteiger partial charge in [-0.3, -0.25) is 4.79 Å². The van der Waals surface area contributed by atoms with Gasteiger partial charge in [0.2, 0.25) is 0 Å². The van der Waals surface area contributed by atoms with Crippen molar-refractivity contribution in [1.29, 1.82) is 0 Å². The number of hydrogen-bond donors (Lipinski definition) is 0. The highest BCUT2D eigenvalue weighted by Crippen LogP contribution is 2.26. The maximum atomic E-state index is 12.9. The summed E-state index contributed by atoms with van der Waals surface area (Å²) in [5.74, 6) is 1.49. The van der Waals surface area contributed by atoms with Gasteiger partial charge in [-0.15, -0.1) is 0 Å². The topological polar surface area (TPSA) is 52.6 Å². The summed E-state index contributed by atoms with van der Waals surface area (Å²) in [7, 11) is 6.14. The molecule has 2 aromatic rings. The predicted octanol–water partition coefficient (Wildman–Crippen LogP) is 2.16. The number of likely N-dealkylation sites (N-methyl/N-ethyl adjacent to an activating group) is 1. The maximum absolute atomic E-state index is 12.9. The van der Waals surface area contributed by atoms with E-state index in [0.717, 1.165) is 54.3 Å². The van der Waals surface area contributed by atoms with E-state index in [4.69, 9.17) is 4.98 Å². The lowest BCUT2D eigenvalue weighted by Crippen LogP contribution is -2.36. The molecule has 1 unspecified atom stereocenters. The van der Waals surface area contributed by atoms with Gasteiger partial charge in [0, 0.05) is 69.1 Å². The summed E-state index contributed by atoms with van der Waals surface area (Å²) >= 11 is 0. The van der Waals surface area contributed by atoms with Crippen LogP contribution in [-0.4, -0.2) is 66.5 Å². The molecule has 0 bridgehead atoms. The summed E-state index contributed by atoms with van der Waals surface area (Å²) in [6.07, 6.45) is 3.86. The average Bonchev–Trinajstić information content (AvgIpc) is 3.13. The summed E-state index contributed by atoms with van der Waals surface area (Å²) in [5.41, 5.74) is 4.01. The number of hydrogen-bond acceptors (Lipinski definition) is 5. The van der Waals surface area contributed by atoms with Gasteiger partial charge in [-0.25, -0.2) is 9.97 Å². The smallest absolute Gasteiger partial charge is 0.254 e. The second kappa shape index (κ2) is 7.27. The number of benzene rings is 1. The van der Waals surface area contributed by atoms with E-state index in [1.165, 1.54) is 0 Å².